The van der Waals surface area contributed by atoms with E-state index in [1.165, 1.54) is 6.33 Å². The fourth-order valence-corrected chi connectivity index (χ4v) is 2.26. The van der Waals surface area contributed by atoms with Crippen LogP contribution in [0.25, 0.3) is 0 Å². The predicted molar refractivity (Wildman–Crippen MR) is 69.7 cm³/mol. The minimum absolute atomic E-state index is 0.0927. The Morgan fingerprint density at radius 1 is 1.33 bits per heavy atom. The molecule has 0 aromatic carbocycles. The number of hydrogen-bond acceptors (Lipinski definition) is 5. The van der Waals surface area contributed by atoms with Crippen LogP contribution in [0.3, 0.4) is 0 Å². The van der Waals surface area contributed by atoms with Crippen molar-refractivity contribution >= 4 is 5.82 Å². The van der Waals surface area contributed by atoms with Crippen LogP contribution in [-0.4, -0.2) is 34.3 Å². The third-order valence-electron chi connectivity index (χ3n) is 3.32. The van der Waals surface area contributed by atoms with E-state index in [1.54, 1.807) is 0 Å². The van der Waals surface area contributed by atoms with Crippen molar-refractivity contribution in [3.8, 4) is 5.88 Å². The van der Waals surface area contributed by atoms with Gasteiger partial charge in [-0.3, -0.25) is 0 Å². The quantitative estimate of drug-likeness (QED) is 0.835. The molecule has 0 radical (unpaired) electrons. The molecule has 0 amide bonds. The smallest absolute Gasteiger partial charge is 0.218 e. The zero-order chi connectivity index (χ0) is 12.8. The van der Waals surface area contributed by atoms with E-state index in [2.05, 4.69) is 15.3 Å². The molecule has 1 aromatic heterocycles. The van der Waals surface area contributed by atoms with Gasteiger partial charge in [-0.1, -0.05) is 0 Å². The molecule has 5 heteroatoms. The maximum absolute atomic E-state index is 9.45. The zero-order valence-corrected chi connectivity index (χ0v) is 10.8. The second kappa shape index (κ2) is 6.54. The van der Waals surface area contributed by atoms with E-state index in [0.717, 1.165) is 38.0 Å². The first-order valence-electron chi connectivity index (χ1n) is 6.64. The molecule has 1 aliphatic rings. The van der Waals surface area contributed by atoms with Crippen molar-refractivity contribution in [2.45, 2.75) is 38.7 Å². The van der Waals surface area contributed by atoms with Crippen LogP contribution in [0.2, 0.25) is 0 Å². The lowest BCUT2D eigenvalue weighted by molar-refractivity contribution is 0.111. The van der Waals surface area contributed by atoms with Crippen LogP contribution < -0.4 is 10.1 Å². The van der Waals surface area contributed by atoms with E-state index in [-0.39, 0.29) is 6.10 Å². The van der Waals surface area contributed by atoms with Gasteiger partial charge in [0.1, 0.15) is 12.1 Å². The molecule has 1 heterocycles. The molecule has 0 bridgehead atoms. The molecule has 100 valence electrons. The summed E-state index contributed by atoms with van der Waals surface area (Å²) in [6.45, 7) is 3.44. The summed E-state index contributed by atoms with van der Waals surface area (Å²) in [5.74, 6) is 2.03. The van der Waals surface area contributed by atoms with E-state index in [9.17, 15) is 5.11 Å². The van der Waals surface area contributed by atoms with Gasteiger partial charge < -0.3 is 15.2 Å². The SMILES string of the molecule is CCOc1cc(NCC2CCC(O)CC2)ncn1. The highest BCUT2D eigenvalue weighted by atomic mass is 16.5. The second-order valence-corrected chi connectivity index (χ2v) is 4.73. The second-order valence-electron chi connectivity index (χ2n) is 4.73. The minimum Gasteiger partial charge on any atom is -0.478 e. The summed E-state index contributed by atoms with van der Waals surface area (Å²) in [6.07, 6.45) is 5.41. The molecule has 2 rings (SSSR count). The van der Waals surface area contributed by atoms with Gasteiger partial charge >= 0.3 is 0 Å². The highest BCUT2D eigenvalue weighted by Crippen LogP contribution is 2.24. The summed E-state index contributed by atoms with van der Waals surface area (Å²) >= 11 is 0. The molecule has 5 nitrogen and oxygen atoms in total. The fourth-order valence-electron chi connectivity index (χ4n) is 2.26. The van der Waals surface area contributed by atoms with Gasteiger partial charge in [0.25, 0.3) is 0 Å². The molecule has 0 unspecified atom stereocenters. The lowest BCUT2D eigenvalue weighted by Gasteiger charge is -2.25. The highest BCUT2D eigenvalue weighted by molar-refractivity contribution is 5.37. The van der Waals surface area contributed by atoms with Crippen molar-refractivity contribution in [3.63, 3.8) is 0 Å². The van der Waals surface area contributed by atoms with Crippen molar-refractivity contribution < 1.29 is 9.84 Å². The molecule has 1 aliphatic carbocycles. The van der Waals surface area contributed by atoms with Crippen LogP contribution >= 0.6 is 0 Å². The number of hydrogen-bond donors (Lipinski definition) is 2. The Morgan fingerprint density at radius 3 is 2.83 bits per heavy atom. The first-order valence-corrected chi connectivity index (χ1v) is 6.64. The molecule has 1 saturated carbocycles. The third kappa shape index (κ3) is 3.84. The van der Waals surface area contributed by atoms with Crippen molar-refractivity contribution in [3.05, 3.63) is 12.4 Å². The molecular weight excluding hydrogens is 230 g/mol. The number of aliphatic hydroxyl groups is 1. The normalized spacial score (nSPS) is 23.7. The summed E-state index contributed by atoms with van der Waals surface area (Å²) in [6, 6.07) is 1.82. The van der Waals surface area contributed by atoms with Crippen LogP contribution in [0.4, 0.5) is 5.82 Å². The monoisotopic (exact) mass is 251 g/mol. The van der Waals surface area contributed by atoms with Gasteiger partial charge in [-0.15, -0.1) is 0 Å². The number of aliphatic hydroxyl groups excluding tert-OH is 1. The highest BCUT2D eigenvalue weighted by Gasteiger charge is 2.19. The molecule has 0 atom stereocenters. The summed E-state index contributed by atoms with van der Waals surface area (Å²) in [5.41, 5.74) is 0. The Morgan fingerprint density at radius 2 is 2.11 bits per heavy atom. The van der Waals surface area contributed by atoms with E-state index in [1.807, 2.05) is 13.0 Å². The van der Waals surface area contributed by atoms with Gasteiger partial charge in [0.15, 0.2) is 0 Å². The van der Waals surface area contributed by atoms with E-state index >= 15 is 0 Å². The molecule has 18 heavy (non-hydrogen) atoms. The largest absolute Gasteiger partial charge is 0.478 e. The predicted octanol–water partition coefficient (Wildman–Crippen LogP) is 1.84. The number of aromatic nitrogens is 2. The van der Waals surface area contributed by atoms with Gasteiger partial charge in [0.05, 0.1) is 12.7 Å². The van der Waals surface area contributed by atoms with Gasteiger partial charge in [-0.2, -0.15) is 0 Å². The summed E-state index contributed by atoms with van der Waals surface area (Å²) < 4.78 is 5.33. The van der Waals surface area contributed by atoms with Gasteiger partial charge in [-0.25, -0.2) is 9.97 Å². The van der Waals surface area contributed by atoms with E-state index in [0.29, 0.717) is 18.4 Å². The van der Waals surface area contributed by atoms with Crippen LogP contribution in [0.1, 0.15) is 32.6 Å². The van der Waals surface area contributed by atoms with Crippen molar-refractivity contribution in [2.75, 3.05) is 18.5 Å². The number of anilines is 1. The van der Waals surface area contributed by atoms with Crippen molar-refractivity contribution in [1.82, 2.24) is 9.97 Å². The standard InChI is InChI=1S/C13H21N3O2/c1-2-18-13-7-12(15-9-16-13)14-8-10-3-5-11(17)6-4-10/h7,9-11,17H,2-6,8H2,1H3,(H,14,15,16). The molecular formula is C13H21N3O2. The first kappa shape index (κ1) is 13.1. The van der Waals surface area contributed by atoms with Gasteiger partial charge in [-0.05, 0) is 38.5 Å². The molecule has 1 fully saturated rings. The topological polar surface area (TPSA) is 67.3 Å². The lowest BCUT2D eigenvalue weighted by Crippen LogP contribution is -2.23. The lowest BCUT2D eigenvalue weighted by atomic mass is 9.87. The van der Waals surface area contributed by atoms with Crippen molar-refractivity contribution in [2.24, 2.45) is 5.92 Å². The number of nitrogens with zero attached hydrogens (tertiary/aromatic N) is 2. The number of nitrogens with one attached hydrogen (secondary N) is 1. The molecule has 0 spiro atoms. The Balaban J connectivity index is 1.80. The molecule has 0 saturated heterocycles. The maximum Gasteiger partial charge on any atom is 0.218 e. The van der Waals surface area contributed by atoms with Gasteiger partial charge in [0.2, 0.25) is 5.88 Å². The molecule has 2 N–H and O–H groups in total. The van der Waals surface area contributed by atoms with Crippen molar-refractivity contribution in [1.29, 1.82) is 0 Å². The summed E-state index contributed by atoms with van der Waals surface area (Å²) in [7, 11) is 0. The van der Waals surface area contributed by atoms with Crippen LogP contribution in [0, 0.1) is 5.92 Å². The fraction of sp³-hybridized carbons (Fsp3) is 0.692. The zero-order valence-electron chi connectivity index (χ0n) is 10.8. The number of ether oxygens (including phenoxy) is 1. The Kier molecular flexibility index (Phi) is 4.75. The summed E-state index contributed by atoms with van der Waals surface area (Å²) in [5, 5.41) is 12.8. The Hall–Kier alpha value is -1.36. The van der Waals surface area contributed by atoms with Gasteiger partial charge in [0, 0.05) is 12.6 Å². The molecule has 1 aromatic rings. The average Bonchev–Trinajstić information content (AvgIpc) is 2.39. The molecule has 0 aliphatic heterocycles. The van der Waals surface area contributed by atoms with E-state index in [4.69, 9.17) is 4.74 Å². The van der Waals surface area contributed by atoms with Crippen LogP contribution in [0.5, 0.6) is 5.88 Å². The summed E-state index contributed by atoms with van der Waals surface area (Å²) in [4.78, 5) is 8.20. The number of rotatable bonds is 5. The Labute approximate surface area is 108 Å². The maximum atomic E-state index is 9.45. The third-order valence-corrected chi connectivity index (χ3v) is 3.32. The van der Waals surface area contributed by atoms with Crippen LogP contribution in [0.15, 0.2) is 12.4 Å². The average molecular weight is 251 g/mol. The van der Waals surface area contributed by atoms with Crippen LogP contribution in [-0.2, 0) is 0 Å². The first-order chi connectivity index (χ1) is 8.78. The minimum atomic E-state index is -0.0927. The van der Waals surface area contributed by atoms with E-state index < -0.39 is 0 Å². The Bertz CT molecular complexity index is 365.